The fraction of sp³-hybridized carbons (Fsp3) is 0.286. The minimum atomic E-state index is -0.252. The largest absolute Gasteiger partial charge is 0.380 e. The zero-order chi connectivity index (χ0) is 14.4. The summed E-state index contributed by atoms with van der Waals surface area (Å²) in [7, 11) is 1.54. The molecule has 22 heavy (non-hydrogen) atoms. The van der Waals surface area contributed by atoms with Crippen molar-refractivity contribution in [3.63, 3.8) is 0 Å². The number of nitrogens with two attached hydrogens (primary N) is 1. The van der Waals surface area contributed by atoms with E-state index >= 15 is 0 Å². The number of carbonyl (C=O) groups excluding carboxylic acids is 1. The molecule has 0 fully saturated rings. The average Bonchev–Trinajstić information content (AvgIpc) is 2.99. The van der Waals surface area contributed by atoms with Crippen molar-refractivity contribution in [1.29, 1.82) is 0 Å². The van der Waals surface area contributed by atoms with E-state index in [-0.39, 0.29) is 43.2 Å². The first-order valence-corrected chi connectivity index (χ1v) is 6.35. The van der Waals surface area contributed by atoms with Crippen LogP contribution in [0.3, 0.4) is 0 Å². The van der Waals surface area contributed by atoms with Crippen molar-refractivity contribution in [2.24, 2.45) is 5.73 Å². The highest BCUT2D eigenvalue weighted by molar-refractivity contribution is 5.91. The smallest absolute Gasteiger partial charge is 0.227 e. The molecule has 0 saturated heterocycles. The van der Waals surface area contributed by atoms with Crippen molar-refractivity contribution >= 4 is 36.4 Å². The van der Waals surface area contributed by atoms with E-state index in [1.165, 1.54) is 0 Å². The summed E-state index contributed by atoms with van der Waals surface area (Å²) in [6.45, 7) is 0.321. The maximum atomic E-state index is 11.8. The molecule has 2 aromatic rings. The Balaban J connectivity index is 0.00000220. The molecule has 4 N–H and O–H groups in total. The molecular weight excluding hydrogens is 327 g/mol. The molecule has 2 rings (SSSR count). The van der Waals surface area contributed by atoms with Crippen molar-refractivity contribution < 1.29 is 9.53 Å². The molecule has 8 heteroatoms. The highest BCUT2D eigenvalue weighted by atomic mass is 35.5. The third-order valence-corrected chi connectivity index (χ3v) is 2.95. The topological polar surface area (TPSA) is 93.0 Å². The lowest BCUT2D eigenvalue weighted by Gasteiger charge is -2.12. The Morgan fingerprint density at radius 3 is 2.55 bits per heavy atom. The van der Waals surface area contributed by atoms with Crippen molar-refractivity contribution in [1.82, 2.24) is 9.97 Å². The molecule has 0 bridgehead atoms. The number of nitrogens with one attached hydrogen (secondary N) is 2. The number of carbonyl (C=O) groups is 1. The number of methoxy groups -OCH3 is 1. The van der Waals surface area contributed by atoms with E-state index in [0.29, 0.717) is 6.54 Å². The second kappa shape index (κ2) is 10.2. The number of amides is 1. The Morgan fingerprint density at radius 2 is 2.05 bits per heavy atom. The Labute approximate surface area is 141 Å². The molecule has 0 spiro atoms. The molecule has 1 aromatic carbocycles. The number of rotatable bonds is 6. The van der Waals surface area contributed by atoms with Crippen LogP contribution in [0.25, 0.3) is 11.4 Å². The van der Waals surface area contributed by atoms with E-state index in [1.54, 1.807) is 19.5 Å². The van der Waals surface area contributed by atoms with Gasteiger partial charge < -0.3 is 20.8 Å². The first-order chi connectivity index (χ1) is 9.72. The molecule has 1 heterocycles. The summed E-state index contributed by atoms with van der Waals surface area (Å²) in [5.74, 6) is 0.679. The van der Waals surface area contributed by atoms with Crippen LogP contribution in [-0.4, -0.2) is 35.6 Å². The monoisotopic (exact) mass is 346 g/mol. The number of H-pyrrole nitrogens is 1. The molecule has 6 nitrogen and oxygen atoms in total. The fourth-order valence-corrected chi connectivity index (χ4v) is 1.82. The third-order valence-electron chi connectivity index (χ3n) is 2.95. The van der Waals surface area contributed by atoms with Crippen molar-refractivity contribution in [2.75, 3.05) is 19.0 Å². The number of nitrogens with zero attached hydrogens (tertiary/aromatic N) is 1. The lowest BCUT2D eigenvalue weighted by molar-refractivity contribution is -0.118. The van der Waals surface area contributed by atoms with E-state index in [2.05, 4.69) is 15.3 Å². The molecule has 1 aromatic heterocycles. The van der Waals surface area contributed by atoms with Crippen LogP contribution in [-0.2, 0) is 9.53 Å². The van der Waals surface area contributed by atoms with Gasteiger partial charge in [-0.05, 0) is 24.3 Å². The quantitative estimate of drug-likeness (QED) is 0.747. The van der Waals surface area contributed by atoms with Crippen LogP contribution in [0.1, 0.15) is 6.42 Å². The summed E-state index contributed by atoms with van der Waals surface area (Å²) in [4.78, 5) is 19.0. The highest BCUT2D eigenvalue weighted by Crippen LogP contribution is 2.17. The van der Waals surface area contributed by atoms with Crippen molar-refractivity contribution in [2.45, 2.75) is 12.5 Å². The lowest BCUT2D eigenvalue weighted by atomic mass is 10.2. The van der Waals surface area contributed by atoms with Gasteiger partial charge in [-0.15, -0.1) is 24.8 Å². The Bertz CT molecular complexity index is 542. The molecule has 0 aliphatic carbocycles. The molecule has 0 radical (unpaired) electrons. The zero-order valence-corrected chi connectivity index (χ0v) is 13.7. The summed E-state index contributed by atoms with van der Waals surface area (Å²) >= 11 is 0. The first kappa shape index (κ1) is 20.4. The number of imidazole rings is 1. The Kier molecular flexibility index (Phi) is 9.44. The maximum absolute atomic E-state index is 11.8. The second-order valence-electron chi connectivity index (χ2n) is 4.36. The molecule has 1 atom stereocenters. The number of ether oxygens (including phenoxy) is 1. The van der Waals surface area contributed by atoms with Gasteiger partial charge in [-0.3, -0.25) is 4.79 Å². The number of halogens is 2. The van der Waals surface area contributed by atoms with E-state index < -0.39 is 0 Å². The predicted octanol–water partition coefficient (Wildman–Crippen LogP) is 2.22. The third kappa shape index (κ3) is 5.65. The van der Waals surface area contributed by atoms with Gasteiger partial charge in [0.05, 0.1) is 12.5 Å². The maximum Gasteiger partial charge on any atom is 0.227 e. The van der Waals surface area contributed by atoms with E-state index in [1.807, 2.05) is 24.3 Å². The van der Waals surface area contributed by atoms with Crippen LogP contribution >= 0.6 is 24.8 Å². The van der Waals surface area contributed by atoms with Crippen LogP contribution in [0, 0.1) is 0 Å². The van der Waals surface area contributed by atoms with Crippen LogP contribution < -0.4 is 11.1 Å². The minimum Gasteiger partial charge on any atom is -0.380 e. The average molecular weight is 347 g/mol. The zero-order valence-electron chi connectivity index (χ0n) is 12.1. The number of aromatic nitrogens is 2. The van der Waals surface area contributed by atoms with E-state index in [0.717, 1.165) is 17.1 Å². The standard InChI is InChI=1S/C14H18N4O2.2ClH/c1-20-12(9-15)8-13(19)18-11-4-2-10(3-5-11)14-16-6-7-17-14;;/h2-7,12H,8-9,15H2,1H3,(H,16,17)(H,18,19);2*1H. The van der Waals surface area contributed by atoms with Crippen LogP contribution in [0.2, 0.25) is 0 Å². The van der Waals surface area contributed by atoms with Gasteiger partial charge in [0.15, 0.2) is 0 Å². The van der Waals surface area contributed by atoms with E-state index in [9.17, 15) is 4.79 Å². The van der Waals surface area contributed by atoms with Crippen LogP contribution in [0.4, 0.5) is 5.69 Å². The number of hydrogen-bond donors (Lipinski definition) is 3. The SMILES string of the molecule is COC(CN)CC(=O)Nc1ccc(-c2ncc[nH]2)cc1.Cl.Cl. The highest BCUT2D eigenvalue weighted by Gasteiger charge is 2.11. The Hall–Kier alpha value is -1.60. The minimum absolute atomic E-state index is 0. The number of benzene rings is 1. The number of aromatic amines is 1. The van der Waals surface area contributed by atoms with E-state index in [4.69, 9.17) is 10.5 Å². The molecule has 0 saturated carbocycles. The van der Waals surface area contributed by atoms with Crippen molar-refractivity contribution in [3.05, 3.63) is 36.7 Å². The van der Waals surface area contributed by atoms with Crippen LogP contribution in [0.5, 0.6) is 0 Å². The lowest BCUT2D eigenvalue weighted by Crippen LogP contribution is -2.28. The van der Waals surface area contributed by atoms with Gasteiger partial charge in [-0.1, -0.05) is 0 Å². The van der Waals surface area contributed by atoms with Gasteiger partial charge >= 0.3 is 0 Å². The number of anilines is 1. The number of hydrogen-bond acceptors (Lipinski definition) is 4. The molecular formula is C14H20Cl2N4O2. The van der Waals surface area contributed by atoms with Gasteiger partial charge in [0.1, 0.15) is 5.82 Å². The van der Waals surface area contributed by atoms with Gasteiger partial charge in [-0.25, -0.2) is 4.98 Å². The fourth-order valence-electron chi connectivity index (χ4n) is 1.82. The second-order valence-corrected chi connectivity index (χ2v) is 4.36. The Morgan fingerprint density at radius 1 is 1.36 bits per heavy atom. The van der Waals surface area contributed by atoms with Gasteiger partial charge in [0.25, 0.3) is 0 Å². The summed E-state index contributed by atoms with van der Waals surface area (Å²) in [6.07, 6.45) is 3.45. The predicted molar refractivity (Wildman–Crippen MR) is 91.6 cm³/mol. The summed E-state index contributed by atoms with van der Waals surface area (Å²) in [5, 5.41) is 2.81. The summed E-state index contributed by atoms with van der Waals surface area (Å²) < 4.78 is 5.08. The summed E-state index contributed by atoms with van der Waals surface area (Å²) in [6, 6.07) is 7.45. The van der Waals surface area contributed by atoms with Gasteiger partial charge in [0.2, 0.25) is 5.91 Å². The molecule has 1 amide bonds. The first-order valence-electron chi connectivity index (χ1n) is 6.35. The summed E-state index contributed by atoms with van der Waals surface area (Å²) in [5.41, 5.74) is 7.18. The van der Waals surface area contributed by atoms with Crippen LogP contribution in [0.15, 0.2) is 36.7 Å². The van der Waals surface area contributed by atoms with Gasteiger partial charge in [0, 0.05) is 37.3 Å². The van der Waals surface area contributed by atoms with Gasteiger partial charge in [-0.2, -0.15) is 0 Å². The normalized spacial score (nSPS) is 11.0. The van der Waals surface area contributed by atoms with Crippen molar-refractivity contribution in [3.8, 4) is 11.4 Å². The molecule has 0 aliphatic heterocycles. The molecule has 122 valence electrons. The molecule has 0 aliphatic rings. The molecule has 1 unspecified atom stereocenters.